The molecule has 1 aliphatic carbocycles. The first-order valence-corrected chi connectivity index (χ1v) is 19.9. The number of aromatic nitrogens is 5. The van der Waals surface area contributed by atoms with E-state index >= 15 is 0 Å². The van der Waals surface area contributed by atoms with Gasteiger partial charge in [-0.15, -0.1) is 0 Å². The van der Waals surface area contributed by atoms with Crippen LogP contribution in [-0.4, -0.2) is 24.9 Å². The van der Waals surface area contributed by atoms with Crippen molar-refractivity contribution in [3.05, 3.63) is 223 Å². The van der Waals surface area contributed by atoms with Crippen LogP contribution in [0.5, 0.6) is 0 Å². The van der Waals surface area contributed by atoms with E-state index in [0.717, 1.165) is 66.0 Å². The molecule has 0 spiro atoms. The molecule has 0 unspecified atom stereocenters. The summed E-state index contributed by atoms with van der Waals surface area (Å²) >= 11 is 0. The molecule has 0 radical (unpaired) electrons. The summed E-state index contributed by atoms with van der Waals surface area (Å²) in [7, 11) is 0. The lowest BCUT2D eigenvalue weighted by molar-refractivity contribution is 0.769. The average Bonchev–Trinajstić information content (AvgIpc) is 3.61. The first-order valence-electron chi connectivity index (χ1n) is 19.9. The van der Waals surface area contributed by atoms with Crippen molar-refractivity contribution >= 4 is 43.5 Å². The lowest BCUT2D eigenvalue weighted by Crippen LogP contribution is -2.28. The fourth-order valence-electron chi connectivity index (χ4n) is 9.52. The van der Waals surface area contributed by atoms with Gasteiger partial charge in [-0.2, -0.15) is 0 Å². The van der Waals surface area contributed by atoms with Gasteiger partial charge in [0.15, 0.2) is 5.82 Å². The quantitative estimate of drug-likeness (QED) is 0.164. The highest BCUT2D eigenvalue weighted by atomic mass is 14.9. The van der Waals surface area contributed by atoms with Crippen molar-refractivity contribution in [1.29, 1.82) is 0 Å². The third-order valence-corrected chi connectivity index (χ3v) is 12.1. The summed E-state index contributed by atoms with van der Waals surface area (Å²) in [5, 5.41) is 5.49. The summed E-state index contributed by atoms with van der Waals surface area (Å²) < 4.78 is 0. The predicted octanol–water partition coefficient (Wildman–Crippen LogP) is 12.6. The number of fused-ring (bicyclic) bond motifs is 9. The van der Waals surface area contributed by atoms with Crippen molar-refractivity contribution in [3.63, 3.8) is 0 Å². The van der Waals surface area contributed by atoms with E-state index in [1.54, 1.807) is 0 Å². The van der Waals surface area contributed by atoms with Crippen molar-refractivity contribution in [2.24, 2.45) is 0 Å². The molecule has 0 N–H and O–H groups in total. The molecule has 0 saturated heterocycles. The summed E-state index contributed by atoms with van der Waals surface area (Å²) in [5.41, 5.74) is 14.7. The summed E-state index contributed by atoms with van der Waals surface area (Å²) in [4.78, 5) is 24.4. The van der Waals surface area contributed by atoms with E-state index in [1.165, 1.54) is 38.8 Å². The Bertz CT molecular complexity index is 3380. The maximum absolute atomic E-state index is 5.36. The van der Waals surface area contributed by atoms with Crippen molar-refractivity contribution in [1.82, 2.24) is 24.9 Å². The zero-order chi connectivity index (χ0) is 38.9. The van der Waals surface area contributed by atoms with Crippen LogP contribution in [-0.2, 0) is 5.41 Å². The van der Waals surface area contributed by atoms with E-state index in [9.17, 15) is 0 Å². The van der Waals surface area contributed by atoms with E-state index in [0.29, 0.717) is 5.82 Å². The molecule has 7 aromatic carbocycles. The van der Waals surface area contributed by atoms with Gasteiger partial charge >= 0.3 is 0 Å². The van der Waals surface area contributed by atoms with E-state index in [2.05, 4.69) is 174 Å². The molecule has 12 rings (SSSR count). The lowest BCUT2D eigenvalue weighted by atomic mass is 9.67. The van der Waals surface area contributed by atoms with Crippen molar-refractivity contribution in [2.45, 2.75) is 5.41 Å². The van der Waals surface area contributed by atoms with Crippen LogP contribution in [0.1, 0.15) is 22.3 Å². The van der Waals surface area contributed by atoms with Crippen LogP contribution in [0.15, 0.2) is 201 Å². The molecular weight excluding hydrogens is 719 g/mol. The fraction of sp³-hybridized carbons (Fsp3) is 0.0185. The normalized spacial score (nSPS) is 12.9. The molecule has 0 aliphatic heterocycles. The summed E-state index contributed by atoms with van der Waals surface area (Å²) in [6.45, 7) is 0. The van der Waals surface area contributed by atoms with Gasteiger partial charge in [0.1, 0.15) is 0 Å². The molecule has 11 aromatic rings. The summed E-state index contributed by atoms with van der Waals surface area (Å²) in [5.74, 6) is 0.661. The van der Waals surface area contributed by atoms with Crippen LogP contribution in [0, 0.1) is 0 Å². The fourth-order valence-corrected chi connectivity index (χ4v) is 9.52. The highest BCUT2D eigenvalue weighted by molar-refractivity contribution is 6.14. The molecular formula is C54H33N5. The Hall–Kier alpha value is -7.89. The number of para-hydroxylation sites is 1. The van der Waals surface area contributed by atoms with Crippen molar-refractivity contribution < 1.29 is 0 Å². The minimum absolute atomic E-state index is 0.486. The Morgan fingerprint density at radius 2 is 1.02 bits per heavy atom. The van der Waals surface area contributed by atoms with E-state index in [-0.39, 0.29) is 0 Å². The molecule has 0 bridgehead atoms. The van der Waals surface area contributed by atoms with Gasteiger partial charge in [-0.25, -0.2) is 15.0 Å². The zero-order valence-corrected chi connectivity index (χ0v) is 31.8. The van der Waals surface area contributed by atoms with E-state index < -0.39 is 5.41 Å². The number of benzene rings is 7. The summed E-state index contributed by atoms with van der Waals surface area (Å²) in [6.07, 6.45) is 7.43. The van der Waals surface area contributed by atoms with Crippen LogP contribution in [0.4, 0.5) is 0 Å². The minimum atomic E-state index is -0.486. The van der Waals surface area contributed by atoms with Gasteiger partial charge in [0.05, 0.1) is 27.7 Å². The van der Waals surface area contributed by atoms with Crippen LogP contribution < -0.4 is 0 Å². The molecule has 274 valence electrons. The van der Waals surface area contributed by atoms with Gasteiger partial charge in [0, 0.05) is 63.0 Å². The second kappa shape index (κ2) is 13.1. The average molecular weight is 752 g/mol. The second-order valence-electron chi connectivity index (χ2n) is 15.2. The third kappa shape index (κ3) is 5.01. The first-order chi connectivity index (χ1) is 29.3. The highest BCUT2D eigenvalue weighted by Gasteiger charge is 2.46. The molecule has 4 aromatic heterocycles. The van der Waals surface area contributed by atoms with E-state index in [1.807, 2.05) is 36.9 Å². The molecule has 1 aliphatic rings. The SMILES string of the molecule is c1ccc(C2(c3ccccc3)c3ccccc3-c3cc4c(-c5ccc(-c6ncc(-c7cc8cccnc8c8ncccc78)cn6)cc5)nc5ccccc5c4cc32)cc1. The largest absolute Gasteiger partial charge is 0.254 e. The first kappa shape index (κ1) is 33.3. The topological polar surface area (TPSA) is 64.5 Å². The number of hydrogen-bond acceptors (Lipinski definition) is 5. The van der Waals surface area contributed by atoms with Gasteiger partial charge in [-0.1, -0.05) is 140 Å². The minimum Gasteiger partial charge on any atom is -0.254 e. The molecule has 0 saturated carbocycles. The maximum atomic E-state index is 5.36. The molecule has 5 heteroatoms. The molecule has 5 nitrogen and oxygen atoms in total. The Morgan fingerprint density at radius 1 is 0.373 bits per heavy atom. The highest BCUT2D eigenvalue weighted by Crippen LogP contribution is 2.57. The van der Waals surface area contributed by atoms with Gasteiger partial charge < -0.3 is 0 Å². The number of hydrogen-bond donors (Lipinski definition) is 0. The Labute approximate surface area is 340 Å². The molecule has 4 heterocycles. The standard InChI is InChI=1S/C54H33N5/c1-3-14-38(15-4-1)54(39-16-5-2-6-17-39)47-21-9-7-18-40(47)45-30-46-44(31-48(45)54)41-19-8-10-22-49(41)59-50(46)34-23-25-35(26-24-34)53-57-32-37(33-58-53)43-29-36-13-11-27-55-51(36)52-42(43)20-12-28-56-52/h1-33H. The molecule has 0 atom stereocenters. The van der Waals surface area contributed by atoms with Crippen molar-refractivity contribution in [3.8, 4) is 44.9 Å². The Balaban J connectivity index is 0.998. The Kier molecular flexibility index (Phi) is 7.38. The number of pyridine rings is 3. The predicted molar refractivity (Wildman–Crippen MR) is 239 cm³/mol. The van der Waals surface area contributed by atoms with Crippen LogP contribution in [0.25, 0.3) is 88.4 Å². The maximum Gasteiger partial charge on any atom is 0.159 e. The lowest BCUT2D eigenvalue weighted by Gasteiger charge is -2.34. The number of nitrogens with zero attached hydrogens (tertiary/aromatic N) is 5. The molecule has 0 amide bonds. The van der Waals surface area contributed by atoms with Crippen LogP contribution >= 0.6 is 0 Å². The van der Waals surface area contributed by atoms with Gasteiger partial charge in [-0.05, 0) is 80.7 Å². The molecule has 59 heavy (non-hydrogen) atoms. The molecule has 0 fully saturated rings. The number of rotatable bonds is 5. The smallest absolute Gasteiger partial charge is 0.159 e. The van der Waals surface area contributed by atoms with Crippen molar-refractivity contribution in [2.75, 3.05) is 0 Å². The Morgan fingerprint density at radius 3 is 1.80 bits per heavy atom. The zero-order valence-electron chi connectivity index (χ0n) is 31.8. The summed E-state index contributed by atoms with van der Waals surface area (Å²) in [6, 6.07) is 62.9. The van der Waals surface area contributed by atoms with Gasteiger partial charge in [0.2, 0.25) is 0 Å². The third-order valence-electron chi connectivity index (χ3n) is 12.1. The van der Waals surface area contributed by atoms with Gasteiger partial charge in [-0.3, -0.25) is 9.97 Å². The van der Waals surface area contributed by atoms with E-state index in [4.69, 9.17) is 15.0 Å². The van der Waals surface area contributed by atoms with Crippen LogP contribution in [0.2, 0.25) is 0 Å². The second-order valence-corrected chi connectivity index (χ2v) is 15.2. The monoisotopic (exact) mass is 751 g/mol. The van der Waals surface area contributed by atoms with Crippen LogP contribution in [0.3, 0.4) is 0 Å². The van der Waals surface area contributed by atoms with Gasteiger partial charge in [0.25, 0.3) is 0 Å².